The maximum Gasteiger partial charge on any atom is 0.311 e. The molecule has 0 aliphatic rings. The third-order valence-corrected chi connectivity index (χ3v) is 5.15. The molecule has 0 unspecified atom stereocenters. The Morgan fingerprint density at radius 2 is 1.91 bits per heavy atom. The molecule has 0 bridgehead atoms. The predicted molar refractivity (Wildman–Crippen MR) is 124 cm³/mol. The van der Waals surface area contributed by atoms with Gasteiger partial charge in [0.2, 0.25) is 0 Å². The number of oxime groups is 1. The summed E-state index contributed by atoms with van der Waals surface area (Å²) >= 11 is 0. The molecule has 2 aromatic carbocycles. The van der Waals surface area contributed by atoms with Crippen molar-refractivity contribution in [3.8, 4) is 11.5 Å². The molecule has 0 aliphatic heterocycles. The number of hydrogen-bond donors (Lipinski definition) is 1. The summed E-state index contributed by atoms with van der Waals surface area (Å²) in [4.78, 5) is 27.9. The van der Waals surface area contributed by atoms with E-state index < -0.39 is 27.7 Å². The molecular weight excluding hydrogens is 428 g/mol. The molecule has 0 aliphatic carbocycles. The van der Waals surface area contributed by atoms with Crippen molar-refractivity contribution in [2.24, 2.45) is 10.6 Å². The van der Waals surface area contributed by atoms with E-state index in [0.29, 0.717) is 25.0 Å². The third-order valence-electron chi connectivity index (χ3n) is 5.15. The van der Waals surface area contributed by atoms with E-state index >= 15 is 0 Å². The molecule has 0 saturated heterocycles. The van der Waals surface area contributed by atoms with Crippen LogP contribution in [0.5, 0.6) is 11.5 Å². The number of carbonyl (C=O) groups excluding carboxylic acids is 1. The topological polar surface area (TPSA) is 120 Å². The van der Waals surface area contributed by atoms with Crippen molar-refractivity contribution in [1.82, 2.24) is 0 Å². The van der Waals surface area contributed by atoms with Crippen LogP contribution in [0.3, 0.4) is 0 Å². The summed E-state index contributed by atoms with van der Waals surface area (Å²) in [6, 6.07) is 9.78. The van der Waals surface area contributed by atoms with E-state index in [0.717, 1.165) is 22.9 Å². The van der Waals surface area contributed by atoms with Gasteiger partial charge in [-0.05, 0) is 69.9 Å². The second kappa shape index (κ2) is 11.3. The first-order valence-corrected chi connectivity index (χ1v) is 10.5. The van der Waals surface area contributed by atoms with Crippen molar-refractivity contribution in [2.45, 2.75) is 40.5 Å². The van der Waals surface area contributed by atoms with Gasteiger partial charge in [0.25, 0.3) is 0 Å². The number of aromatic hydroxyl groups is 1. The van der Waals surface area contributed by atoms with Gasteiger partial charge in [0.1, 0.15) is 25.2 Å². The largest absolute Gasteiger partial charge is 0.502 e. The number of carbonyl (C=O) groups is 1. The summed E-state index contributed by atoms with van der Waals surface area (Å²) in [6.07, 6.45) is 1.19. The van der Waals surface area contributed by atoms with Crippen molar-refractivity contribution in [3.05, 3.63) is 63.2 Å². The van der Waals surface area contributed by atoms with Gasteiger partial charge in [-0.15, -0.1) is 0 Å². The van der Waals surface area contributed by atoms with E-state index in [4.69, 9.17) is 14.3 Å². The first kappa shape index (κ1) is 25.6. The summed E-state index contributed by atoms with van der Waals surface area (Å²) in [6.45, 7) is 7.78. The Kier molecular flexibility index (Phi) is 8.78. The molecule has 9 heteroatoms. The van der Waals surface area contributed by atoms with E-state index in [2.05, 4.69) is 5.16 Å². The first-order valence-electron chi connectivity index (χ1n) is 10.5. The van der Waals surface area contributed by atoms with Crippen LogP contribution in [0.2, 0.25) is 0 Å². The highest BCUT2D eigenvalue weighted by Crippen LogP contribution is 2.28. The lowest BCUT2D eigenvalue weighted by atomic mass is 9.88. The minimum Gasteiger partial charge on any atom is -0.502 e. The third kappa shape index (κ3) is 7.20. The van der Waals surface area contributed by atoms with Gasteiger partial charge in [0, 0.05) is 11.6 Å². The lowest BCUT2D eigenvalue weighted by molar-refractivity contribution is -0.385. The van der Waals surface area contributed by atoms with Gasteiger partial charge in [-0.2, -0.15) is 0 Å². The Labute approximate surface area is 193 Å². The number of aryl methyl sites for hydroxylation is 2. The normalized spacial score (nSPS) is 11.7. The summed E-state index contributed by atoms with van der Waals surface area (Å²) in [5, 5.41) is 24.5. The van der Waals surface area contributed by atoms with E-state index in [1.807, 2.05) is 32.0 Å². The molecule has 0 aromatic heterocycles. The number of nitrogens with zero attached hydrogens (tertiary/aromatic N) is 2. The lowest BCUT2D eigenvalue weighted by Crippen LogP contribution is -2.29. The number of ether oxygens (including phenoxy) is 2. The highest BCUT2D eigenvalue weighted by Gasteiger charge is 2.29. The minimum atomic E-state index is -0.774. The molecule has 0 atom stereocenters. The smallest absolute Gasteiger partial charge is 0.311 e. The number of nitro groups is 1. The number of benzene rings is 2. The van der Waals surface area contributed by atoms with Gasteiger partial charge in [0.05, 0.1) is 16.9 Å². The van der Waals surface area contributed by atoms with Crippen molar-refractivity contribution in [3.63, 3.8) is 0 Å². The Morgan fingerprint density at radius 1 is 1.18 bits per heavy atom. The molecule has 0 radical (unpaired) electrons. The molecule has 9 nitrogen and oxygen atoms in total. The van der Waals surface area contributed by atoms with Gasteiger partial charge in [0.15, 0.2) is 5.75 Å². The Hall–Kier alpha value is -3.62. The fourth-order valence-electron chi connectivity index (χ4n) is 3.11. The number of rotatable bonds is 11. The lowest BCUT2D eigenvalue weighted by Gasteiger charge is -2.23. The summed E-state index contributed by atoms with van der Waals surface area (Å²) in [5.74, 6) is -0.0770. The Bertz CT molecular complexity index is 1030. The highest BCUT2D eigenvalue weighted by atomic mass is 16.6. The van der Waals surface area contributed by atoms with Gasteiger partial charge in [-0.1, -0.05) is 17.3 Å². The average molecular weight is 459 g/mol. The van der Waals surface area contributed by atoms with Crippen molar-refractivity contribution >= 4 is 17.4 Å². The van der Waals surface area contributed by atoms with E-state index in [9.17, 15) is 20.0 Å². The predicted octanol–water partition coefficient (Wildman–Crippen LogP) is 4.70. The van der Waals surface area contributed by atoms with Crippen LogP contribution in [-0.2, 0) is 14.4 Å². The van der Waals surface area contributed by atoms with Crippen LogP contribution < -0.4 is 4.74 Å². The van der Waals surface area contributed by atoms with E-state index in [1.54, 1.807) is 13.8 Å². The molecule has 2 aromatic rings. The van der Waals surface area contributed by atoms with Gasteiger partial charge in [-0.3, -0.25) is 14.9 Å². The summed E-state index contributed by atoms with van der Waals surface area (Å²) in [5.41, 5.74) is 1.40. The van der Waals surface area contributed by atoms with Crippen LogP contribution in [0.4, 0.5) is 5.69 Å². The summed E-state index contributed by atoms with van der Waals surface area (Å²) < 4.78 is 11.3. The van der Waals surface area contributed by atoms with Crippen molar-refractivity contribution in [1.29, 1.82) is 0 Å². The summed E-state index contributed by atoms with van der Waals surface area (Å²) in [7, 11) is 1.32. The maximum atomic E-state index is 12.7. The molecule has 1 N–H and O–H groups in total. The maximum absolute atomic E-state index is 12.7. The molecule has 178 valence electrons. The first-order chi connectivity index (χ1) is 15.5. The Morgan fingerprint density at radius 3 is 2.58 bits per heavy atom. The molecule has 0 amide bonds. The van der Waals surface area contributed by atoms with Gasteiger partial charge in [-0.25, -0.2) is 0 Å². The zero-order valence-electron chi connectivity index (χ0n) is 19.6. The number of nitro benzene ring substituents is 1. The molecule has 0 heterocycles. The zero-order chi connectivity index (χ0) is 24.6. The fraction of sp³-hybridized carbons (Fsp3) is 0.417. The fourth-order valence-corrected chi connectivity index (χ4v) is 3.11. The number of phenols is 1. The molecule has 0 spiro atoms. The Balaban J connectivity index is 1.95. The van der Waals surface area contributed by atoms with Crippen LogP contribution in [0.25, 0.3) is 0 Å². The second-order valence-electron chi connectivity index (χ2n) is 8.36. The number of hydrogen-bond acceptors (Lipinski definition) is 8. The monoisotopic (exact) mass is 458 g/mol. The average Bonchev–Trinajstić information content (AvgIpc) is 2.76. The molecule has 33 heavy (non-hydrogen) atoms. The van der Waals surface area contributed by atoms with Crippen molar-refractivity contribution < 1.29 is 29.1 Å². The number of phenolic OH excluding ortho intramolecular Hbond substituents is 1. The van der Waals surface area contributed by atoms with Gasteiger partial charge < -0.3 is 19.4 Å². The minimum absolute atomic E-state index is 0.183. The van der Waals surface area contributed by atoms with Gasteiger partial charge >= 0.3 is 11.7 Å². The molecular formula is C24H30N2O7. The molecule has 2 rings (SSSR count). The van der Waals surface area contributed by atoms with Crippen LogP contribution in [0.15, 0.2) is 41.6 Å². The van der Waals surface area contributed by atoms with E-state index in [1.165, 1.54) is 19.2 Å². The standard InChI is InChI=1S/C24H30N2O7/c1-16-7-8-17(2)22(13-16)32-12-6-11-24(3,4)23(28)33-15-19(25-31-5)18-9-10-21(27)20(14-18)26(29)30/h7-10,13-14,27H,6,11-12,15H2,1-5H3/b25-19-. The zero-order valence-corrected chi connectivity index (χ0v) is 19.6. The quantitative estimate of drug-likeness (QED) is 0.170. The molecule has 0 fully saturated rings. The number of esters is 1. The molecule has 0 saturated carbocycles. The highest BCUT2D eigenvalue weighted by molar-refractivity contribution is 6.02. The SMILES string of the molecule is CO/N=C(/COC(=O)C(C)(C)CCCOc1cc(C)ccc1C)c1ccc(O)c([N+](=O)[O-])c1. The van der Waals surface area contributed by atoms with Crippen LogP contribution in [0, 0.1) is 29.4 Å². The van der Waals surface area contributed by atoms with Crippen LogP contribution in [-0.4, -0.2) is 42.0 Å². The van der Waals surface area contributed by atoms with Crippen molar-refractivity contribution in [2.75, 3.05) is 20.3 Å². The van der Waals surface area contributed by atoms with Crippen LogP contribution in [0.1, 0.15) is 43.4 Å². The van der Waals surface area contributed by atoms with Crippen LogP contribution >= 0.6 is 0 Å². The second-order valence-corrected chi connectivity index (χ2v) is 8.36. The van der Waals surface area contributed by atoms with E-state index in [-0.39, 0.29) is 12.3 Å².